The van der Waals surface area contributed by atoms with Crippen LogP contribution in [0.2, 0.25) is 0 Å². The molecule has 2 saturated heterocycles. The number of piperazine rings is 1. The molecule has 3 unspecified atom stereocenters. The van der Waals surface area contributed by atoms with Crippen LogP contribution in [0.15, 0.2) is 41.8 Å². The van der Waals surface area contributed by atoms with Crippen LogP contribution in [0.3, 0.4) is 0 Å². The predicted molar refractivity (Wildman–Crippen MR) is 119 cm³/mol. The van der Waals surface area contributed by atoms with Crippen molar-refractivity contribution in [1.82, 2.24) is 15.5 Å². The van der Waals surface area contributed by atoms with Gasteiger partial charge < -0.3 is 15.5 Å². The van der Waals surface area contributed by atoms with Crippen LogP contribution in [0, 0.1) is 0 Å². The van der Waals surface area contributed by atoms with Crippen molar-refractivity contribution in [2.24, 2.45) is 0 Å². The largest absolute Gasteiger partial charge is 0.353 e. The summed E-state index contributed by atoms with van der Waals surface area (Å²) in [7, 11) is 0. The Morgan fingerprint density at radius 2 is 2.06 bits per heavy atom. The van der Waals surface area contributed by atoms with E-state index < -0.39 is 0 Å². The summed E-state index contributed by atoms with van der Waals surface area (Å²) < 4.78 is 0. The number of carbonyl (C=O) groups excluding carboxylic acids is 3. The minimum atomic E-state index is -0.241. The SMILES string of the molecule is O=C(NC1CC2C(=O)NCC(CCC(=O)N3CCc4ccccc43)N2C1)c1cccs1. The summed E-state index contributed by atoms with van der Waals surface area (Å²) in [6.45, 7) is 1.92. The molecule has 3 atom stereocenters. The quantitative estimate of drug-likeness (QED) is 0.746. The van der Waals surface area contributed by atoms with E-state index in [1.165, 1.54) is 16.9 Å². The highest BCUT2D eigenvalue weighted by molar-refractivity contribution is 7.12. The van der Waals surface area contributed by atoms with Crippen molar-refractivity contribution in [1.29, 1.82) is 0 Å². The zero-order chi connectivity index (χ0) is 21.4. The molecule has 3 amide bonds. The third-order valence-electron chi connectivity index (χ3n) is 6.58. The number of hydrogen-bond donors (Lipinski definition) is 2. The third-order valence-corrected chi connectivity index (χ3v) is 7.45. The Kier molecular flexibility index (Phi) is 5.50. The van der Waals surface area contributed by atoms with Gasteiger partial charge in [-0.1, -0.05) is 24.3 Å². The second-order valence-corrected chi connectivity index (χ2v) is 9.41. The molecule has 3 aliphatic heterocycles. The fourth-order valence-corrected chi connectivity index (χ4v) is 5.66. The van der Waals surface area contributed by atoms with Crippen molar-refractivity contribution < 1.29 is 14.4 Å². The second kappa shape index (κ2) is 8.43. The first-order valence-electron chi connectivity index (χ1n) is 10.9. The van der Waals surface area contributed by atoms with Gasteiger partial charge in [0.15, 0.2) is 0 Å². The molecular weight excluding hydrogens is 412 g/mol. The Morgan fingerprint density at radius 1 is 1.19 bits per heavy atom. The Hall–Kier alpha value is -2.71. The number of carbonyl (C=O) groups is 3. The molecule has 0 bridgehead atoms. The lowest BCUT2D eigenvalue weighted by atomic mass is 10.0. The van der Waals surface area contributed by atoms with Gasteiger partial charge >= 0.3 is 0 Å². The average molecular weight is 439 g/mol. The lowest BCUT2D eigenvalue weighted by Gasteiger charge is -2.37. The second-order valence-electron chi connectivity index (χ2n) is 8.46. The number of fused-ring (bicyclic) bond motifs is 2. The van der Waals surface area contributed by atoms with Gasteiger partial charge in [-0.2, -0.15) is 0 Å². The first-order valence-corrected chi connectivity index (χ1v) is 11.7. The van der Waals surface area contributed by atoms with Crippen molar-refractivity contribution in [3.63, 3.8) is 0 Å². The topological polar surface area (TPSA) is 81.8 Å². The van der Waals surface area contributed by atoms with E-state index in [9.17, 15) is 14.4 Å². The monoisotopic (exact) mass is 438 g/mol. The number of hydrogen-bond acceptors (Lipinski definition) is 5. The van der Waals surface area contributed by atoms with Gasteiger partial charge in [-0.25, -0.2) is 0 Å². The summed E-state index contributed by atoms with van der Waals surface area (Å²) in [5, 5.41) is 7.95. The van der Waals surface area contributed by atoms with E-state index in [1.807, 2.05) is 34.5 Å². The number of rotatable bonds is 5. The molecule has 2 N–H and O–H groups in total. The van der Waals surface area contributed by atoms with E-state index in [1.54, 1.807) is 6.07 Å². The van der Waals surface area contributed by atoms with Crippen LogP contribution in [0.5, 0.6) is 0 Å². The number of amides is 3. The summed E-state index contributed by atoms with van der Waals surface area (Å²) in [6.07, 6.45) is 2.65. The number of para-hydroxylation sites is 1. The molecule has 0 saturated carbocycles. The molecule has 5 rings (SSSR count). The van der Waals surface area contributed by atoms with Crippen LogP contribution in [-0.2, 0) is 16.0 Å². The molecule has 2 fully saturated rings. The van der Waals surface area contributed by atoms with Crippen molar-refractivity contribution in [3.05, 3.63) is 52.2 Å². The van der Waals surface area contributed by atoms with E-state index in [4.69, 9.17) is 0 Å². The van der Waals surface area contributed by atoms with E-state index in [0.717, 1.165) is 18.7 Å². The Labute approximate surface area is 185 Å². The molecule has 2 aromatic rings. The molecule has 162 valence electrons. The van der Waals surface area contributed by atoms with Gasteiger partial charge in [0, 0.05) is 43.8 Å². The maximum atomic E-state index is 12.9. The maximum absolute atomic E-state index is 12.9. The summed E-state index contributed by atoms with van der Waals surface area (Å²) in [5.74, 6) is 0.0729. The zero-order valence-electron chi connectivity index (χ0n) is 17.3. The zero-order valence-corrected chi connectivity index (χ0v) is 18.1. The fraction of sp³-hybridized carbons (Fsp3) is 0.435. The Bertz CT molecular complexity index is 992. The molecule has 0 spiro atoms. The Morgan fingerprint density at radius 3 is 2.90 bits per heavy atom. The molecule has 31 heavy (non-hydrogen) atoms. The fourth-order valence-electron chi connectivity index (χ4n) is 5.03. The number of thiophene rings is 1. The first-order chi connectivity index (χ1) is 15.1. The van der Waals surface area contributed by atoms with Gasteiger partial charge in [0.25, 0.3) is 5.91 Å². The van der Waals surface area contributed by atoms with Crippen LogP contribution in [-0.4, -0.2) is 60.4 Å². The van der Waals surface area contributed by atoms with Gasteiger partial charge in [0.2, 0.25) is 11.8 Å². The standard InChI is InChI=1S/C23H26N4O3S/c28-21(26-10-9-15-4-1-2-5-18(15)26)8-7-17-13-24-22(29)19-12-16(14-27(17)19)25-23(30)20-6-3-11-31-20/h1-6,11,16-17,19H,7-10,12-14H2,(H,24,29)(H,25,30). The molecule has 7 nitrogen and oxygen atoms in total. The van der Waals surface area contributed by atoms with Crippen LogP contribution < -0.4 is 15.5 Å². The van der Waals surface area contributed by atoms with Gasteiger partial charge in [-0.3, -0.25) is 19.3 Å². The van der Waals surface area contributed by atoms with Crippen LogP contribution in [0.4, 0.5) is 5.69 Å². The van der Waals surface area contributed by atoms with Crippen LogP contribution >= 0.6 is 11.3 Å². The van der Waals surface area contributed by atoms with Crippen molar-refractivity contribution >= 4 is 34.7 Å². The molecule has 0 aliphatic carbocycles. The highest BCUT2D eigenvalue weighted by Gasteiger charge is 2.44. The highest BCUT2D eigenvalue weighted by atomic mass is 32.1. The summed E-state index contributed by atoms with van der Waals surface area (Å²) in [6, 6.07) is 11.5. The number of benzene rings is 1. The highest BCUT2D eigenvalue weighted by Crippen LogP contribution is 2.30. The van der Waals surface area contributed by atoms with Crippen molar-refractivity contribution in [2.75, 3.05) is 24.5 Å². The molecule has 3 aliphatic rings. The van der Waals surface area contributed by atoms with Gasteiger partial charge in [-0.05, 0) is 42.3 Å². The van der Waals surface area contributed by atoms with Crippen LogP contribution in [0.1, 0.15) is 34.5 Å². The Balaban J connectivity index is 1.20. The lowest BCUT2D eigenvalue weighted by molar-refractivity contribution is -0.129. The average Bonchev–Trinajstić information content (AvgIpc) is 3.52. The number of anilines is 1. The minimum absolute atomic E-state index is 0.0175. The van der Waals surface area contributed by atoms with Gasteiger partial charge in [-0.15, -0.1) is 11.3 Å². The molecule has 4 heterocycles. The molecule has 0 radical (unpaired) electrons. The van der Waals surface area contributed by atoms with E-state index in [2.05, 4.69) is 21.6 Å². The molecule has 8 heteroatoms. The molecular formula is C23H26N4O3S. The summed E-state index contributed by atoms with van der Waals surface area (Å²) in [4.78, 5) is 42.5. The summed E-state index contributed by atoms with van der Waals surface area (Å²) >= 11 is 1.41. The number of nitrogens with zero attached hydrogens (tertiary/aromatic N) is 2. The molecule has 1 aromatic carbocycles. The van der Waals surface area contributed by atoms with Crippen molar-refractivity contribution in [2.45, 2.75) is 43.8 Å². The van der Waals surface area contributed by atoms with E-state index >= 15 is 0 Å². The van der Waals surface area contributed by atoms with Gasteiger partial charge in [0.05, 0.1) is 10.9 Å². The smallest absolute Gasteiger partial charge is 0.261 e. The summed E-state index contributed by atoms with van der Waals surface area (Å²) in [5.41, 5.74) is 2.25. The minimum Gasteiger partial charge on any atom is -0.353 e. The maximum Gasteiger partial charge on any atom is 0.261 e. The third kappa shape index (κ3) is 3.97. The van der Waals surface area contributed by atoms with E-state index in [-0.39, 0.29) is 35.8 Å². The van der Waals surface area contributed by atoms with Crippen molar-refractivity contribution in [3.8, 4) is 0 Å². The first kappa shape index (κ1) is 20.2. The molecule has 1 aromatic heterocycles. The van der Waals surface area contributed by atoms with Crippen LogP contribution in [0.25, 0.3) is 0 Å². The number of nitrogens with one attached hydrogen (secondary N) is 2. The lowest BCUT2D eigenvalue weighted by Crippen LogP contribution is -2.58. The predicted octanol–water partition coefficient (Wildman–Crippen LogP) is 1.79. The normalized spacial score (nSPS) is 25.1. The van der Waals surface area contributed by atoms with E-state index in [0.29, 0.717) is 37.2 Å². The van der Waals surface area contributed by atoms with Gasteiger partial charge in [0.1, 0.15) is 0 Å².